The molecule has 1 heterocycles. The van der Waals surface area contributed by atoms with Crippen LogP contribution in [-0.4, -0.2) is 10.9 Å². The quantitative estimate of drug-likeness (QED) is 0.688. The third-order valence-corrected chi connectivity index (χ3v) is 3.09. The number of carbonyl (C=O) groups is 1. The summed E-state index contributed by atoms with van der Waals surface area (Å²) in [4.78, 5) is 15.8. The van der Waals surface area contributed by atoms with Crippen LogP contribution in [0.3, 0.4) is 0 Å². The zero-order valence-corrected chi connectivity index (χ0v) is 11.1. The van der Waals surface area contributed by atoms with E-state index in [1.54, 1.807) is 17.7 Å². The summed E-state index contributed by atoms with van der Waals surface area (Å²) in [5.41, 5.74) is 2.00. The van der Waals surface area contributed by atoms with Crippen molar-refractivity contribution in [2.24, 2.45) is 0 Å². The molecule has 0 fully saturated rings. The van der Waals surface area contributed by atoms with E-state index in [9.17, 15) is 4.79 Å². The van der Waals surface area contributed by atoms with E-state index in [1.165, 1.54) is 11.3 Å². The number of benzene rings is 1. The average molecular weight is 269 g/mol. The molecule has 0 saturated heterocycles. The Hall–Kier alpha value is -2.45. The Kier molecular flexibility index (Phi) is 4.06. The normalized spacial score (nSPS) is 10.8. The summed E-state index contributed by atoms with van der Waals surface area (Å²) in [7, 11) is 0. The number of nitrogens with one attached hydrogen (secondary N) is 1. The van der Waals surface area contributed by atoms with Crippen LogP contribution in [0.1, 0.15) is 11.1 Å². The molecule has 0 radical (unpaired) electrons. The molecule has 1 aromatic carbocycles. The Morgan fingerprint density at radius 2 is 2.16 bits per heavy atom. The Bertz CT molecular complexity index is 636. The van der Waals surface area contributed by atoms with Gasteiger partial charge in [0.05, 0.1) is 0 Å². The molecular weight excluding hydrogens is 258 g/mol. The van der Waals surface area contributed by atoms with Crippen molar-refractivity contribution in [3.05, 3.63) is 52.5 Å². The molecular formula is C14H11N3OS. The highest BCUT2D eigenvalue weighted by molar-refractivity contribution is 7.13. The van der Waals surface area contributed by atoms with Crippen LogP contribution in [-0.2, 0) is 4.79 Å². The lowest BCUT2D eigenvalue weighted by molar-refractivity contribution is -0.112. The van der Waals surface area contributed by atoms with E-state index < -0.39 is 5.91 Å². The molecule has 1 amide bonds. The Morgan fingerprint density at radius 3 is 2.74 bits per heavy atom. The number of hydrogen-bond donors (Lipinski definition) is 1. The van der Waals surface area contributed by atoms with Crippen molar-refractivity contribution in [3.8, 4) is 6.07 Å². The van der Waals surface area contributed by atoms with Gasteiger partial charge in [-0.15, -0.1) is 11.3 Å². The maximum Gasteiger partial charge on any atom is 0.268 e. The molecule has 0 aliphatic heterocycles. The van der Waals surface area contributed by atoms with Gasteiger partial charge >= 0.3 is 0 Å². The number of hydrogen-bond acceptors (Lipinski definition) is 4. The molecule has 0 aliphatic rings. The lowest BCUT2D eigenvalue weighted by atomic mass is 10.1. The Morgan fingerprint density at radius 1 is 1.42 bits per heavy atom. The summed E-state index contributed by atoms with van der Waals surface area (Å²) in [6.07, 6.45) is 3.15. The molecule has 5 heteroatoms. The van der Waals surface area contributed by atoms with E-state index in [0.717, 1.165) is 11.1 Å². The van der Waals surface area contributed by atoms with Crippen molar-refractivity contribution >= 4 is 28.5 Å². The minimum Gasteiger partial charge on any atom is -0.297 e. The molecule has 1 N–H and O–H groups in total. The van der Waals surface area contributed by atoms with Crippen LogP contribution in [0, 0.1) is 18.3 Å². The van der Waals surface area contributed by atoms with Crippen LogP contribution in [0.4, 0.5) is 5.13 Å². The van der Waals surface area contributed by atoms with Gasteiger partial charge in [0.1, 0.15) is 11.6 Å². The molecule has 0 atom stereocenters. The predicted octanol–water partition coefficient (Wildman–Crippen LogP) is 3.00. The lowest BCUT2D eigenvalue weighted by Crippen LogP contribution is -2.13. The third-order valence-electron chi connectivity index (χ3n) is 2.41. The SMILES string of the molecule is Cc1ccc(C=C(C#N)C(=O)Nc2nccs2)cc1. The summed E-state index contributed by atoms with van der Waals surface area (Å²) >= 11 is 1.31. The van der Waals surface area contributed by atoms with Gasteiger partial charge in [0.15, 0.2) is 5.13 Å². The van der Waals surface area contributed by atoms with Crippen molar-refractivity contribution < 1.29 is 4.79 Å². The average Bonchev–Trinajstić information content (AvgIpc) is 2.90. The van der Waals surface area contributed by atoms with Crippen molar-refractivity contribution in [1.82, 2.24) is 4.98 Å². The molecule has 0 aliphatic carbocycles. The second-order valence-corrected chi connectivity index (χ2v) is 4.77. The fraction of sp³-hybridized carbons (Fsp3) is 0.0714. The number of aryl methyl sites for hydroxylation is 1. The maximum atomic E-state index is 11.9. The van der Waals surface area contributed by atoms with Crippen molar-refractivity contribution in [3.63, 3.8) is 0 Å². The highest BCUT2D eigenvalue weighted by atomic mass is 32.1. The van der Waals surface area contributed by atoms with Gasteiger partial charge < -0.3 is 0 Å². The van der Waals surface area contributed by atoms with Gasteiger partial charge in [-0.25, -0.2) is 4.98 Å². The van der Waals surface area contributed by atoms with Crippen molar-refractivity contribution in [2.75, 3.05) is 5.32 Å². The molecule has 0 saturated carbocycles. The summed E-state index contributed by atoms with van der Waals surface area (Å²) in [5.74, 6) is -0.446. The number of carbonyl (C=O) groups excluding carboxylic acids is 1. The predicted molar refractivity (Wildman–Crippen MR) is 75.5 cm³/mol. The monoisotopic (exact) mass is 269 g/mol. The lowest BCUT2D eigenvalue weighted by Gasteiger charge is -2.00. The van der Waals surface area contributed by atoms with E-state index in [-0.39, 0.29) is 5.57 Å². The highest BCUT2D eigenvalue weighted by Gasteiger charge is 2.10. The molecule has 0 spiro atoms. The number of amides is 1. The number of anilines is 1. The summed E-state index contributed by atoms with van der Waals surface area (Å²) in [6, 6.07) is 9.49. The highest BCUT2D eigenvalue weighted by Crippen LogP contribution is 2.13. The Balaban J connectivity index is 2.17. The number of aromatic nitrogens is 1. The van der Waals surface area contributed by atoms with E-state index >= 15 is 0 Å². The van der Waals surface area contributed by atoms with Crippen LogP contribution < -0.4 is 5.32 Å². The van der Waals surface area contributed by atoms with Gasteiger partial charge in [-0.05, 0) is 18.6 Å². The molecule has 4 nitrogen and oxygen atoms in total. The zero-order valence-electron chi connectivity index (χ0n) is 10.3. The van der Waals surface area contributed by atoms with Gasteiger partial charge in [0.2, 0.25) is 0 Å². The number of nitrogens with zero attached hydrogens (tertiary/aromatic N) is 2. The van der Waals surface area contributed by atoms with Gasteiger partial charge in [-0.2, -0.15) is 5.26 Å². The van der Waals surface area contributed by atoms with Crippen LogP contribution in [0.5, 0.6) is 0 Å². The second kappa shape index (κ2) is 5.94. The molecule has 94 valence electrons. The van der Waals surface area contributed by atoms with Crippen LogP contribution in [0.15, 0.2) is 41.4 Å². The molecule has 1 aromatic heterocycles. The molecule has 2 rings (SSSR count). The van der Waals surface area contributed by atoms with E-state index in [1.807, 2.05) is 37.3 Å². The first-order valence-electron chi connectivity index (χ1n) is 5.58. The smallest absolute Gasteiger partial charge is 0.268 e. The van der Waals surface area contributed by atoms with E-state index in [2.05, 4.69) is 10.3 Å². The van der Waals surface area contributed by atoms with Gasteiger partial charge in [-0.1, -0.05) is 29.8 Å². The van der Waals surface area contributed by atoms with Crippen molar-refractivity contribution in [1.29, 1.82) is 5.26 Å². The zero-order chi connectivity index (χ0) is 13.7. The number of rotatable bonds is 3. The summed E-state index contributed by atoms with van der Waals surface area (Å²) in [6.45, 7) is 1.98. The summed E-state index contributed by atoms with van der Waals surface area (Å²) in [5, 5.41) is 13.9. The minimum absolute atomic E-state index is 0.0547. The van der Waals surface area contributed by atoms with Gasteiger partial charge in [-0.3, -0.25) is 10.1 Å². The number of thiazole rings is 1. The molecule has 0 bridgehead atoms. The van der Waals surface area contributed by atoms with Crippen molar-refractivity contribution in [2.45, 2.75) is 6.92 Å². The van der Waals surface area contributed by atoms with Gasteiger partial charge in [0, 0.05) is 11.6 Å². The number of nitriles is 1. The first kappa shape index (κ1) is 13.0. The molecule has 0 unspecified atom stereocenters. The summed E-state index contributed by atoms with van der Waals surface area (Å²) < 4.78 is 0. The third kappa shape index (κ3) is 3.50. The minimum atomic E-state index is -0.446. The van der Waals surface area contributed by atoms with Crippen LogP contribution >= 0.6 is 11.3 Å². The second-order valence-electron chi connectivity index (χ2n) is 3.87. The largest absolute Gasteiger partial charge is 0.297 e. The standard InChI is InChI=1S/C14H11N3OS/c1-10-2-4-11(5-3-10)8-12(9-15)13(18)17-14-16-6-7-19-14/h2-8H,1H3,(H,16,17,18). The maximum absolute atomic E-state index is 11.9. The first-order chi connectivity index (χ1) is 9.19. The van der Waals surface area contributed by atoms with Gasteiger partial charge in [0.25, 0.3) is 5.91 Å². The van der Waals surface area contributed by atoms with Crippen LogP contribution in [0.2, 0.25) is 0 Å². The molecule has 19 heavy (non-hydrogen) atoms. The fourth-order valence-electron chi connectivity index (χ4n) is 1.43. The fourth-order valence-corrected chi connectivity index (χ4v) is 1.95. The Labute approximate surface area is 115 Å². The molecule has 2 aromatic rings. The van der Waals surface area contributed by atoms with E-state index in [4.69, 9.17) is 5.26 Å². The van der Waals surface area contributed by atoms with E-state index in [0.29, 0.717) is 5.13 Å². The topological polar surface area (TPSA) is 65.8 Å². The first-order valence-corrected chi connectivity index (χ1v) is 6.46. The van der Waals surface area contributed by atoms with Crippen LogP contribution in [0.25, 0.3) is 6.08 Å².